The molecule has 2 aromatic carbocycles. The monoisotopic (exact) mass is 260 g/mol. The van der Waals surface area contributed by atoms with E-state index in [1.54, 1.807) is 30.3 Å². The summed E-state index contributed by atoms with van der Waals surface area (Å²) in [6.07, 6.45) is 0. The molecule has 0 aliphatic carbocycles. The summed E-state index contributed by atoms with van der Waals surface area (Å²) in [4.78, 5) is 21.1. The maximum Gasteiger partial charge on any atom is 0.285 e. The molecule has 2 aromatic rings. The third-order valence-electron chi connectivity index (χ3n) is 2.65. The number of rotatable bonds is 3. The molecule has 6 heteroatoms. The van der Waals surface area contributed by atoms with Gasteiger partial charge in [0.2, 0.25) is 0 Å². The summed E-state index contributed by atoms with van der Waals surface area (Å²) in [7, 11) is 0. The molecular weight excluding hydrogens is 251 g/mol. The van der Waals surface area contributed by atoms with Crippen molar-refractivity contribution >= 4 is 11.6 Å². The Morgan fingerprint density at radius 3 is 2.32 bits per heavy atom. The van der Waals surface area contributed by atoms with Crippen molar-refractivity contribution in [1.82, 2.24) is 0 Å². The molecule has 5 nitrogen and oxygen atoms in total. The maximum absolute atomic E-state index is 14.2. The number of nitro benzene ring substituents is 1. The van der Waals surface area contributed by atoms with Gasteiger partial charge in [0.15, 0.2) is 11.4 Å². The third-order valence-corrected chi connectivity index (χ3v) is 2.65. The average molecular weight is 260 g/mol. The van der Waals surface area contributed by atoms with E-state index in [-0.39, 0.29) is 5.56 Å². The number of halogens is 1. The molecule has 96 valence electrons. The molecule has 0 fully saturated rings. The lowest BCUT2D eigenvalue weighted by molar-refractivity contribution is -0.385. The van der Waals surface area contributed by atoms with Crippen LogP contribution in [0.3, 0.4) is 0 Å². The average Bonchev–Trinajstić information content (AvgIpc) is 2.38. The third kappa shape index (κ3) is 2.28. The topological polar surface area (TPSA) is 86.2 Å². The highest BCUT2D eigenvalue weighted by Crippen LogP contribution is 2.30. The molecule has 0 bridgehead atoms. The van der Waals surface area contributed by atoms with Crippen LogP contribution in [0.5, 0.6) is 0 Å². The van der Waals surface area contributed by atoms with Gasteiger partial charge in [-0.1, -0.05) is 30.3 Å². The Bertz CT molecular complexity index is 656. The van der Waals surface area contributed by atoms with E-state index >= 15 is 0 Å². The van der Waals surface area contributed by atoms with Gasteiger partial charge in [-0.05, 0) is 11.6 Å². The molecule has 0 spiro atoms. The molecule has 2 rings (SSSR count). The normalized spacial score (nSPS) is 10.2. The first kappa shape index (κ1) is 12.7. The minimum Gasteiger partial charge on any atom is -0.365 e. The molecule has 0 aliphatic heterocycles. The van der Waals surface area contributed by atoms with Gasteiger partial charge in [0.25, 0.3) is 11.6 Å². The van der Waals surface area contributed by atoms with Crippen molar-refractivity contribution in [2.45, 2.75) is 0 Å². The lowest BCUT2D eigenvalue weighted by Gasteiger charge is -2.07. The zero-order chi connectivity index (χ0) is 14.0. The number of nitro groups is 1. The minimum absolute atomic E-state index is 0.0972. The number of carbonyl (C=O) groups is 1. The molecule has 2 N–H and O–H groups in total. The van der Waals surface area contributed by atoms with Crippen LogP contribution in [0.15, 0.2) is 42.5 Å². The van der Waals surface area contributed by atoms with Gasteiger partial charge in [-0.3, -0.25) is 14.9 Å². The molecule has 0 unspecified atom stereocenters. The molecule has 0 saturated carbocycles. The van der Waals surface area contributed by atoms with Gasteiger partial charge in [0.05, 0.1) is 4.92 Å². The highest BCUT2D eigenvalue weighted by molar-refractivity contribution is 5.98. The number of benzene rings is 2. The Morgan fingerprint density at radius 1 is 1.16 bits per heavy atom. The van der Waals surface area contributed by atoms with E-state index in [1.807, 2.05) is 0 Å². The summed E-state index contributed by atoms with van der Waals surface area (Å²) in [5.41, 5.74) is 4.29. The number of amides is 1. The first-order valence-electron chi connectivity index (χ1n) is 5.34. The summed E-state index contributed by atoms with van der Waals surface area (Å²) in [6, 6.07) is 10.7. The highest BCUT2D eigenvalue weighted by Gasteiger charge is 2.25. The maximum atomic E-state index is 14.2. The summed E-state index contributed by atoms with van der Waals surface area (Å²) in [5, 5.41) is 10.8. The minimum atomic E-state index is -1.16. The second-order valence-electron chi connectivity index (χ2n) is 3.81. The van der Waals surface area contributed by atoms with Crippen LogP contribution in [0, 0.1) is 15.9 Å². The number of primary amides is 1. The number of hydrogen-bond acceptors (Lipinski definition) is 3. The second kappa shape index (κ2) is 4.85. The number of nitrogens with two attached hydrogens (primary N) is 1. The number of carbonyl (C=O) groups excluding carboxylic acids is 1. The Balaban J connectivity index is 2.71. The van der Waals surface area contributed by atoms with E-state index in [9.17, 15) is 19.3 Å². The van der Waals surface area contributed by atoms with Crippen LogP contribution in [0.25, 0.3) is 11.1 Å². The fourth-order valence-electron chi connectivity index (χ4n) is 1.79. The van der Waals surface area contributed by atoms with Crippen molar-refractivity contribution in [3.63, 3.8) is 0 Å². The van der Waals surface area contributed by atoms with Crippen LogP contribution < -0.4 is 5.73 Å². The van der Waals surface area contributed by atoms with E-state index < -0.39 is 27.9 Å². The lowest BCUT2D eigenvalue weighted by atomic mass is 10.0. The molecular formula is C13H9FN2O3. The fourth-order valence-corrected chi connectivity index (χ4v) is 1.79. The van der Waals surface area contributed by atoms with Crippen LogP contribution in [-0.2, 0) is 0 Å². The van der Waals surface area contributed by atoms with E-state index in [1.165, 1.54) is 6.07 Å². The smallest absolute Gasteiger partial charge is 0.285 e. The van der Waals surface area contributed by atoms with Gasteiger partial charge in [-0.2, -0.15) is 0 Å². The van der Waals surface area contributed by atoms with Crippen molar-refractivity contribution in [3.05, 3.63) is 64.0 Å². The molecule has 0 atom stereocenters. The first-order chi connectivity index (χ1) is 9.02. The quantitative estimate of drug-likeness (QED) is 0.679. The van der Waals surface area contributed by atoms with Gasteiger partial charge in [-0.25, -0.2) is 4.39 Å². The molecule has 0 aromatic heterocycles. The van der Waals surface area contributed by atoms with Crippen LogP contribution in [0.1, 0.15) is 10.4 Å². The lowest BCUT2D eigenvalue weighted by Crippen LogP contribution is -2.16. The summed E-state index contributed by atoms with van der Waals surface area (Å²) in [5.74, 6) is -2.14. The van der Waals surface area contributed by atoms with Crippen LogP contribution in [0.4, 0.5) is 10.1 Å². The second-order valence-corrected chi connectivity index (χ2v) is 3.81. The number of nitrogens with zero attached hydrogens (tertiary/aromatic N) is 1. The SMILES string of the molecule is NC(=O)c1c([N+](=O)[O-])ccc(-c2ccccc2)c1F. The van der Waals surface area contributed by atoms with Gasteiger partial charge < -0.3 is 5.73 Å². The van der Waals surface area contributed by atoms with E-state index in [4.69, 9.17) is 5.73 Å². The molecule has 0 aliphatic rings. The van der Waals surface area contributed by atoms with E-state index in [0.717, 1.165) is 6.07 Å². The summed E-state index contributed by atoms with van der Waals surface area (Å²) in [6.45, 7) is 0. The van der Waals surface area contributed by atoms with Crippen molar-refractivity contribution in [2.75, 3.05) is 0 Å². The predicted molar refractivity (Wildman–Crippen MR) is 67.0 cm³/mol. The van der Waals surface area contributed by atoms with Crippen molar-refractivity contribution in [1.29, 1.82) is 0 Å². The molecule has 0 heterocycles. The van der Waals surface area contributed by atoms with Crippen LogP contribution in [0.2, 0.25) is 0 Å². The van der Waals surface area contributed by atoms with E-state index in [2.05, 4.69) is 0 Å². The van der Waals surface area contributed by atoms with E-state index in [0.29, 0.717) is 5.56 Å². The predicted octanol–water partition coefficient (Wildman–Crippen LogP) is 2.50. The molecule has 0 saturated heterocycles. The molecule has 19 heavy (non-hydrogen) atoms. The Labute approximate surface area is 107 Å². The van der Waals surface area contributed by atoms with Crippen LogP contribution >= 0.6 is 0 Å². The van der Waals surface area contributed by atoms with Gasteiger partial charge in [-0.15, -0.1) is 0 Å². The van der Waals surface area contributed by atoms with Crippen molar-refractivity contribution in [3.8, 4) is 11.1 Å². The van der Waals surface area contributed by atoms with Crippen molar-refractivity contribution in [2.24, 2.45) is 5.73 Å². The molecule has 0 radical (unpaired) electrons. The number of hydrogen-bond donors (Lipinski definition) is 1. The van der Waals surface area contributed by atoms with Crippen LogP contribution in [-0.4, -0.2) is 10.8 Å². The fraction of sp³-hybridized carbons (Fsp3) is 0. The standard InChI is InChI=1S/C13H9FN2O3/c14-12-9(8-4-2-1-3-5-8)6-7-10(16(18)19)11(12)13(15)17/h1-7H,(H2,15,17). The van der Waals surface area contributed by atoms with Crippen molar-refractivity contribution < 1.29 is 14.1 Å². The van der Waals surface area contributed by atoms with Gasteiger partial charge in [0.1, 0.15) is 0 Å². The Hall–Kier alpha value is -2.76. The Kier molecular flexibility index (Phi) is 3.24. The molecule has 1 amide bonds. The summed E-state index contributed by atoms with van der Waals surface area (Å²) < 4.78 is 14.2. The zero-order valence-electron chi connectivity index (χ0n) is 9.67. The first-order valence-corrected chi connectivity index (χ1v) is 5.34. The largest absolute Gasteiger partial charge is 0.365 e. The van der Waals surface area contributed by atoms with Gasteiger partial charge in [0, 0.05) is 11.6 Å². The Morgan fingerprint density at radius 2 is 1.79 bits per heavy atom. The zero-order valence-corrected chi connectivity index (χ0v) is 9.67. The highest BCUT2D eigenvalue weighted by atomic mass is 19.1. The van der Waals surface area contributed by atoms with Gasteiger partial charge >= 0.3 is 0 Å². The summed E-state index contributed by atoms with van der Waals surface area (Å²) >= 11 is 0.